The molecule has 170 valence electrons. The molecular formula is C24H29N3O4S. The van der Waals surface area contributed by atoms with Gasteiger partial charge in [-0.1, -0.05) is 43.3 Å². The van der Waals surface area contributed by atoms with Gasteiger partial charge in [0.2, 0.25) is 15.9 Å². The maximum absolute atomic E-state index is 13.1. The van der Waals surface area contributed by atoms with E-state index in [0.717, 1.165) is 24.8 Å². The van der Waals surface area contributed by atoms with Crippen LogP contribution in [0.2, 0.25) is 0 Å². The molecule has 32 heavy (non-hydrogen) atoms. The minimum atomic E-state index is -3.73. The molecule has 0 saturated carbocycles. The zero-order valence-corrected chi connectivity index (χ0v) is 18.8. The molecule has 0 radical (unpaired) electrons. The highest BCUT2D eigenvalue weighted by atomic mass is 32.2. The van der Waals surface area contributed by atoms with Crippen LogP contribution in [0.15, 0.2) is 72.1 Å². The summed E-state index contributed by atoms with van der Waals surface area (Å²) in [6, 6.07) is 15.6. The van der Waals surface area contributed by atoms with Crippen molar-refractivity contribution in [2.75, 3.05) is 19.6 Å². The molecule has 1 fully saturated rings. The van der Waals surface area contributed by atoms with Crippen LogP contribution in [-0.4, -0.2) is 50.2 Å². The third kappa shape index (κ3) is 6.27. The molecule has 1 atom stereocenters. The van der Waals surface area contributed by atoms with Crippen LogP contribution in [-0.2, 0) is 21.2 Å². The number of rotatable bonds is 8. The van der Waals surface area contributed by atoms with Crippen LogP contribution < -0.4 is 10.6 Å². The van der Waals surface area contributed by atoms with E-state index in [4.69, 9.17) is 0 Å². The maximum Gasteiger partial charge on any atom is 0.251 e. The quantitative estimate of drug-likeness (QED) is 0.598. The van der Waals surface area contributed by atoms with E-state index in [2.05, 4.69) is 17.2 Å². The second-order valence-corrected chi connectivity index (χ2v) is 9.72. The van der Waals surface area contributed by atoms with Crippen LogP contribution in [0.4, 0.5) is 0 Å². The van der Waals surface area contributed by atoms with Crippen molar-refractivity contribution >= 4 is 21.8 Å². The molecule has 0 aliphatic carbocycles. The first-order valence-electron chi connectivity index (χ1n) is 10.8. The van der Waals surface area contributed by atoms with Gasteiger partial charge >= 0.3 is 0 Å². The fourth-order valence-corrected chi connectivity index (χ4v) is 5.22. The second-order valence-electron chi connectivity index (χ2n) is 7.78. The molecule has 0 aromatic heterocycles. The van der Waals surface area contributed by atoms with Crippen LogP contribution in [0.1, 0.15) is 35.2 Å². The molecule has 1 heterocycles. The van der Waals surface area contributed by atoms with Gasteiger partial charge in [0.1, 0.15) is 0 Å². The SMILES string of the molecule is C=CC(=O)NC1CCCCN(S(=O)(=O)c2ccc(C(=O)NCCc3ccccc3)cc2)C1. The first kappa shape index (κ1) is 23.7. The molecule has 1 aliphatic heterocycles. The summed E-state index contributed by atoms with van der Waals surface area (Å²) in [7, 11) is -3.73. The number of benzene rings is 2. The van der Waals surface area contributed by atoms with Crippen molar-refractivity contribution in [1.29, 1.82) is 0 Å². The van der Waals surface area contributed by atoms with Gasteiger partial charge in [0.25, 0.3) is 5.91 Å². The molecule has 7 nitrogen and oxygen atoms in total. The smallest absolute Gasteiger partial charge is 0.251 e. The molecule has 2 amide bonds. The van der Waals surface area contributed by atoms with Crippen molar-refractivity contribution in [2.24, 2.45) is 0 Å². The molecule has 1 aliphatic rings. The van der Waals surface area contributed by atoms with Crippen molar-refractivity contribution in [3.8, 4) is 0 Å². The zero-order chi connectivity index (χ0) is 23.0. The van der Waals surface area contributed by atoms with Crippen molar-refractivity contribution in [3.63, 3.8) is 0 Å². The van der Waals surface area contributed by atoms with Crippen LogP contribution in [0.3, 0.4) is 0 Å². The number of nitrogens with one attached hydrogen (secondary N) is 2. The van der Waals surface area contributed by atoms with E-state index in [1.165, 1.54) is 34.6 Å². The largest absolute Gasteiger partial charge is 0.352 e. The second kappa shape index (κ2) is 11.1. The van der Waals surface area contributed by atoms with E-state index in [9.17, 15) is 18.0 Å². The van der Waals surface area contributed by atoms with E-state index in [1.807, 2.05) is 30.3 Å². The Morgan fingerprint density at radius 3 is 2.47 bits per heavy atom. The predicted octanol–water partition coefficient (Wildman–Crippen LogP) is 2.50. The standard InChI is InChI=1S/C24H29N3O4S/c1-2-23(28)26-21-10-6-7-17-27(18-21)32(30,31)22-13-11-20(12-14-22)24(29)25-16-15-19-8-4-3-5-9-19/h2-5,8-9,11-14,21H,1,6-7,10,15-18H2,(H,25,29)(H,26,28). The van der Waals surface area contributed by atoms with Gasteiger partial charge < -0.3 is 10.6 Å². The lowest BCUT2D eigenvalue weighted by molar-refractivity contribution is -0.117. The summed E-state index contributed by atoms with van der Waals surface area (Å²) >= 11 is 0. The van der Waals surface area contributed by atoms with Crippen LogP contribution in [0.25, 0.3) is 0 Å². The predicted molar refractivity (Wildman–Crippen MR) is 124 cm³/mol. The lowest BCUT2D eigenvalue weighted by Gasteiger charge is -2.24. The van der Waals surface area contributed by atoms with Gasteiger partial charge in [-0.2, -0.15) is 4.31 Å². The normalized spacial score (nSPS) is 17.2. The molecule has 2 aromatic carbocycles. The highest BCUT2D eigenvalue weighted by Gasteiger charge is 2.29. The van der Waals surface area contributed by atoms with Gasteiger partial charge in [0, 0.05) is 31.2 Å². The zero-order valence-electron chi connectivity index (χ0n) is 18.0. The van der Waals surface area contributed by atoms with Gasteiger partial charge in [0.05, 0.1) is 4.90 Å². The first-order chi connectivity index (χ1) is 15.4. The number of sulfonamides is 1. The summed E-state index contributed by atoms with van der Waals surface area (Å²) in [5, 5.41) is 5.66. The lowest BCUT2D eigenvalue weighted by atomic mass is 10.1. The summed E-state index contributed by atoms with van der Waals surface area (Å²) in [6.45, 7) is 4.54. The average molecular weight is 456 g/mol. The monoisotopic (exact) mass is 455 g/mol. The number of amides is 2. The van der Waals surface area contributed by atoms with E-state index >= 15 is 0 Å². The fourth-order valence-electron chi connectivity index (χ4n) is 3.70. The fraction of sp³-hybridized carbons (Fsp3) is 0.333. The van der Waals surface area contributed by atoms with Crippen molar-refractivity contribution in [1.82, 2.24) is 14.9 Å². The molecule has 0 spiro atoms. The van der Waals surface area contributed by atoms with E-state index in [0.29, 0.717) is 25.1 Å². The number of nitrogens with zero attached hydrogens (tertiary/aromatic N) is 1. The Morgan fingerprint density at radius 2 is 1.78 bits per heavy atom. The number of carbonyl (C=O) groups excluding carboxylic acids is 2. The summed E-state index contributed by atoms with van der Waals surface area (Å²) in [4.78, 5) is 24.2. The summed E-state index contributed by atoms with van der Waals surface area (Å²) in [5.41, 5.74) is 1.54. The van der Waals surface area contributed by atoms with Crippen LogP contribution >= 0.6 is 0 Å². The molecule has 2 N–H and O–H groups in total. The van der Waals surface area contributed by atoms with Gasteiger partial charge in [-0.3, -0.25) is 9.59 Å². The minimum absolute atomic E-state index is 0.133. The third-order valence-electron chi connectivity index (χ3n) is 5.46. The Hall–Kier alpha value is -2.97. The van der Waals surface area contributed by atoms with Gasteiger partial charge in [-0.25, -0.2) is 8.42 Å². The first-order valence-corrected chi connectivity index (χ1v) is 12.2. The topological polar surface area (TPSA) is 95.6 Å². The molecule has 2 aromatic rings. The van der Waals surface area contributed by atoms with Gasteiger partial charge in [-0.15, -0.1) is 0 Å². The van der Waals surface area contributed by atoms with Gasteiger partial charge in [0.15, 0.2) is 0 Å². The van der Waals surface area contributed by atoms with Crippen molar-refractivity contribution < 1.29 is 18.0 Å². The highest BCUT2D eigenvalue weighted by molar-refractivity contribution is 7.89. The molecule has 8 heteroatoms. The van der Waals surface area contributed by atoms with Crippen molar-refractivity contribution in [2.45, 2.75) is 36.6 Å². The van der Waals surface area contributed by atoms with Crippen LogP contribution in [0, 0.1) is 0 Å². The van der Waals surface area contributed by atoms with Crippen LogP contribution in [0.5, 0.6) is 0 Å². The van der Waals surface area contributed by atoms with E-state index in [-0.39, 0.29) is 29.3 Å². The Bertz CT molecular complexity index is 1040. The van der Waals surface area contributed by atoms with E-state index in [1.54, 1.807) is 0 Å². The molecule has 1 saturated heterocycles. The maximum atomic E-state index is 13.1. The number of hydrogen-bond acceptors (Lipinski definition) is 4. The molecule has 0 bridgehead atoms. The highest BCUT2D eigenvalue weighted by Crippen LogP contribution is 2.21. The number of hydrogen-bond donors (Lipinski definition) is 2. The Balaban J connectivity index is 1.62. The Labute approximate surface area is 189 Å². The Kier molecular flexibility index (Phi) is 8.19. The van der Waals surface area contributed by atoms with E-state index < -0.39 is 10.0 Å². The molecule has 3 rings (SSSR count). The summed E-state index contributed by atoms with van der Waals surface area (Å²) < 4.78 is 27.7. The van der Waals surface area contributed by atoms with Gasteiger partial charge in [-0.05, 0) is 55.2 Å². The summed E-state index contributed by atoms with van der Waals surface area (Å²) in [6.07, 6.45) is 4.18. The summed E-state index contributed by atoms with van der Waals surface area (Å²) in [5.74, 6) is -0.552. The van der Waals surface area contributed by atoms with Crippen molar-refractivity contribution in [3.05, 3.63) is 78.4 Å². The molecular weight excluding hydrogens is 426 g/mol. The third-order valence-corrected chi connectivity index (χ3v) is 7.34. The average Bonchev–Trinajstić information content (AvgIpc) is 3.06. The molecule has 1 unspecified atom stereocenters. The Morgan fingerprint density at radius 1 is 1.06 bits per heavy atom. The lowest BCUT2D eigenvalue weighted by Crippen LogP contribution is -2.44. The number of carbonyl (C=O) groups is 2. The minimum Gasteiger partial charge on any atom is -0.352 e.